The van der Waals surface area contributed by atoms with E-state index in [9.17, 15) is 8.42 Å². The molecule has 1 rings (SSSR count). The lowest BCUT2D eigenvalue weighted by atomic mass is 9.95. The summed E-state index contributed by atoms with van der Waals surface area (Å²) in [6, 6.07) is 4.33. The number of rotatable bonds is 7. The van der Waals surface area contributed by atoms with Crippen molar-refractivity contribution in [3.8, 4) is 5.75 Å². The fourth-order valence-corrected chi connectivity index (χ4v) is 3.12. The van der Waals surface area contributed by atoms with E-state index >= 15 is 0 Å². The van der Waals surface area contributed by atoms with Crippen LogP contribution in [-0.4, -0.2) is 27.6 Å². The molecule has 0 unspecified atom stereocenters. The molecule has 5 nitrogen and oxygen atoms in total. The fraction of sp³-hybridized carbons (Fsp3) is 0.538. The van der Waals surface area contributed by atoms with Crippen molar-refractivity contribution in [3.63, 3.8) is 0 Å². The second kappa shape index (κ2) is 6.76. The van der Waals surface area contributed by atoms with Gasteiger partial charge in [-0.05, 0) is 31.0 Å². The van der Waals surface area contributed by atoms with Crippen molar-refractivity contribution in [1.29, 1.82) is 0 Å². The summed E-state index contributed by atoms with van der Waals surface area (Å²) in [4.78, 5) is 0.0952. The zero-order valence-electron chi connectivity index (χ0n) is 11.9. The average molecular weight is 321 g/mol. The molecular formula is C13H21ClN2O3S. The molecule has 0 radical (unpaired) electrons. The molecule has 0 aromatic heterocycles. The van der Waals surface area contributed by atoms with Gasteiger partial charge < -0.3 is 10.5 Å². The Labute approximate surface area is 125 Å². The van der Waals surface area contributed by atoms with Gasteiger partial charge in [0.15, 0.2) is 0 Å². The highest BCUT2D eigenvalue weighted by Gasteiger charge is 2.24. The summed E-state index contributed by atoms with van der Waals surface area (Å²) >= 11 is 5.94. The number of halogens is 1. The number of hydrogen-bond donors (Lipinski definition) is 2. The summed E-state index contributed by atoms with van der Waals surface area (Å²) in [6.07, 6.45) is 1.38. The van der Waals surface area contributed by atoms with Crippen molar-refractivity contribution in [1.82, 2.24) is 4.72 Å². The summed E-state index contributed by atoms with van der Waals surface area (Å²) in [5.41, 5.74) is 5.55. The highest BCUT2D eigenvalue weighted by Crippen LogP contribution is 2.26. The lowest BCUT2D eigenvalue weighted by molar-refractivity contribution is 0.391. The van der Waals surface area contributed by atoms with Gasteiger partial charge in [0.25, 0.3) is 0 Å². The quantitative estimate of drug-likeness (QED) is 0.806. The molecule has 0 saturated carbocycles. The Bertz CT molecular complexity index is 557. The third kappa shape index (κ3) is 4.09. The normalized spacial score (nSPS) is 12.4. The summed E-state index contributed by atoms with van der Waals surface area (Å²) in [5, 5.41) is 0.250. The molecule has 114 valence electrons. The van der Waals surface area contributed by atoms with Crippen molar-refractivity contribution in [2.75, 3.05) is 13.7 Å². The van der Waals surface area contributed by atoms with Crippen LogP contribution >= 0.6 is 11.6 Å². The number of nitrogens with two attached hydrogens (primary N) is 1. The van der Waals surface area contributed by atoms with E-state index in [4.69, 9.17) is 22.1 Å². The van der Waals surface area contributed by atoms with E-state index in [1.165, 1.54) is 25.3 Å². The van der Waals surface area contributed by atoms with Crippen molar-refractivity contribution in [2.24, 2.45) is 5.73 Å². The van der Waals surface area contributed by atoms with E-state index in [2.05, 4.69) is 4.72 Å². The molecule has 3 N–H and O–H groups in total. The second-order valence-electron chi connectivity index (χ2n) is 4.69. The van der Waals surface area contributed by atoms with Gasteiger partial charge in [-0.2, -0.15) is 0 Å². The summed E-state index contributed by atoms with van der Waals surface area (Å²) in [5.74, 6) is 0.431. The maximum atomic E-state index is 12.2. The number of nitrogens with one attached hydrogen (secondary N) is 1. The van der Waals surface area contributed by atoms with Gasteiger partial charge in [-0.25, -0.2) is 13.1 Å². The number of hydrogen-bond acceptors (Lipinski definition) is 4. The van der Waals surface area contributed by atoms with Crippen LogP contribution in [0.4, 0.5) is 0 Å². The largest absolute Gasteiger partial charge is 0.495 e. The predicted octanol–water partition coefficient (Wildman–Crippen LogP) is 2.14. The first-order valence-electron chi connectivity index (χ1n) is 6.40. The summed E-state index contributed by atoms with van der Waals surface area (Å²) in [6.45, 7) is 4.05. The van der Waals surface area contributed by atoms with Gasteiger partial charge in [-0.15, -0.1) is 0 Å². The van der Waals surface area contributed by atoms with Crippen LogP contribution in [0.5, 0.6) is 5.75 Å². The zero-order chi connectivity index (χ0) is 15.4. The molecule has 7 heteroatoms. The van der Waals surface area contributed by atoms with Crippen LogP contribution in [0.15, 0.2) is 23.1 Å². The lowest BCUT2D eigenvalue weighted by Crippen LogP contribution is -2.49. The number of ether oxygens (including phenoxy) is 1. The van der Waals surface area contributed by atoms with Gasteiger partial charge in [0.05, 0.1) is 17.0 Å². The van der Waals surface area contributed by atoms with Crippen LogP contribution in [0, 0.1) is 0 Å². The van der Waals surface area contributed by atoms with Crippen molar-refractivity contribution in [3.05, 3.63) is 23.2 Å². The zero-order valence-corrected chi connectivity index (χ0v) is 13.5. The molecule has 0 fully saturated rings. The smallest absolute Gasteiger partial charge is 0.240 e. The third-order valence-corrected chi connectivity index (χ3v) is 5.15. The Hall–Kier alpha value is -0.820. The van der Waals surface area contributed by atoms with Crippen LogP contribution in [0.25, 0.3) is 0 Å². The van der Waals surface area contributed by atoms with Crippen LogP contribution in [-0.2, 0) is 10.0 Å². The third-order valence-electron chi connectivity index (χ3n) is 3.46. The molecule has 0 aliphatic heterocycles. The van der Waals surface area contributed by atoms with Crippen molar-refractivity contribution >= 4 is 21.6 Å². The van der Waals surface area contributed by atoms with Crippen LogP contribution in [0.3, 0.4) is 0 Å². The van der Waals surface area contributed by atoms with Gasteiger partial charge in [0.2, 0.25) is 10.0 Å². The minimum atomic E-state index is -3.63. The Balaban J connectivity index is 2.92. The monoisotopic (exact) mass is 320 g/mol. The fourth-order valence-electron chi connectivity index (χ4n) is 1.64. The van der Waals surface area contributed by atoms with E-state index < -0.39 is 15.6 Å². The number of benzene rings is 1. The Morgan fingerprint density at radius 1 is 1.35 bits per heavy atom. The molecule has 0 atom stereocenters. The first kappa shape index (κ1) is 17.2. The Morgan fingerprint density at radius 2 is 1.95 bits per heavy atom. The Kier molecular flexibility index (Phi) is 5.82. The van der Waals surface area contributed by atoms with Gasteiger partial charge in [-0.1, -0.05) is 25.4 Å². The van der Waals surface area contributed by atoms with E-state index in [0.717, 1.165) is 0 Å². The molecule has 1 aromatic carbocycles. The standard InChI is InChI=1S/C13H21ClN2O3S/c1-4-13(15,5-2)9-16-20(17,18)10-6-7-12(19-3)11(14)8-10/h6-8,16H,4-5,9,15H2,1-3H3. The van der Waals surface area contributed by atoms with E-state index in [-0.39, 0.29) is 16.5 Å². The van der Waals surface area contributed by atoms with Crippen molar-refractivity contribution in [2.45, 2.75) is 37.1 Å². The molecular weight excluding hydrogens is 300 g/mol. The van der Waals surface area contributed by atoms with Crippen LogP contribution in [0.2, 0.25) is 5.02 Å². The molecule has 0 bridgehead atoms. The Morgan fingerprint density at radius 3 is 2.40 bits per heavy atom. The molecule has 0 heterocycles. The maximum Gasteiger partial charge on any atom is 0.240 e. The van der Waals surface area contributed by atoms with Gasteiger partial charge in [-0.3, -0.25) is 0 Å². The summed E-state index contributed by atoms with van der Waals surface area (Å²) < 4.78 is 31.9. The maximum absolute atomic E-state index is 12.2. The molecule has 0 spiro atoms. The first-order chi connectivity index (χ1) is 9.28. The molecule has 0 aliphatic carbocycles. The number of sulfonamides is 1. The molecule has 0 saturated heterocycles. The SMILES string of the molecule is CCC(N)(CC)CNS(=O)(=O)c1ccc(OC)c(Cl)c1. The molecule has 0 amide bonds. The number of methoxy groups -OCH3 is 1. The van der Waals surface area contributed by atoms with E-state index in [1.807, 2.05) is 13.8 Å². The van der Waals surface area contributed by atoms with Crippen LogP contribution in [0.1, 0.15) is 26.7 Å². The minimum absolute atomic E-state index is 0.0952. The van der Waals surface area contributed by atoms with Gasteiger partial charge in [0, 0.05) is 12.1 Å². The highest BCUT2D eigenvalue weighted by molar-refractivity contribution is 7.89. The minimum Gasteiger partial charge on any atom is -0.495 e. The average Bonchev–Trinajstić information content (AvgIpc) is 2.44. The molecule has 1 aromatic rings. The van der Waals surface area contributed by atoms with Crippen molar-refractivity contribution < 1.29 is 13.2 Å². The lowest BCUT2D eigenvalue weighted by Gasteiger charge is -2.26. The first-order valence-corrected chi connectivity index (χ1v) is 8.26. The van der Waals surface area contributed by atoms with E-state index in [1.54, 1.807) is 0 Å². The van der Waals surface area contributed by atoms with Crippen LogP contribution < -0.4 is 15.2 Å². The second-order valence-corrected chi connectivity index (χ2v) is 6.86. The topological polar surface area (TPSA) is 81.4 Å². The van der Waals surface area contributed by atoms with Gasteiger partial charge >= 0.3 is 0 Å². The van der Waals surface area contributed by atoms with E-state index in [0.29, 0.717) is 18.6 Å². The molecule has 20 heavy (non-hydrogen) atoms. The predicted molar refractivity (Wildman–Crippen MR) is 80.7 cm³/mol. The molecule has 0 aliphatic rings. The highest BCUT2D eigenvalue weighted by atomic mass is 35.5. The van der Waals surface area contributed by atoms with Gasteiger partial charge in [0.1, 0.15) is 5.75 Å². The summed E-state index contributed by atoms with van der Waals surface area (Å²) in [7, 11) is -2.16.